The van der Waals surface area contributed by atoms with E-state index < -0.39 is 0 Å². The minimum Gasteiger partial charge on any atom is -0.454 e. The Hall–Kier alpha value is -15.7. The fourth-order valence-electron chi connectivity index (χ4n) is 20.6. The molecule has 0 aliphatic rings. The van der Waals surface area contributed by atoms with Crippen LogP contribution in [0.25, 0.3) is 266 Å². The molecule has 15 heteroatoms. The summed E-state index contributed by atoms with van der Waals surface area (Å²) >= 11 is 17.3. The van der Waals surface area contributed by atoms with Crippen molar-refractivity contribution in [3.05, 3.63) is 444 Å². The molecule has 29 aromatic rings. The molecular formula is C123H71Br3N8OS3. The smallest absolute Gasteiger partial charge is 0.235 e. The second-order valence-electron chi connectivity index (χ2n) is 34.7. The molecule has 0 atom stereocenters. The number of furan rings is 1. The highest BCUT2D eigenvalue weighted by Gasteiger charge is 2.28. The van der Waals surface area contributed by atoms with Crippen LogP contribution in [0, 0.1) is 0 Å². The second kappa shape index (κ2) is 33.4. The summed E-state index contributed by atoms with van der Waals surface area (Å²) in [5.74, 6) is 1.37. The van der Waals surface area contributed by atoms with Crippen LogP contribution in [0.15, 0.2) is 449 Å². The number of benzene rings is 19. The maximum absolute atomic E-state index is 6.49. The number of thiophene rings is 3. The number of hydrogen-bond acceptors (Lipinski definition) is 9. The van der Waals surface area contributed by atoms with Crippen molar-refractivity contribution in [1.82, 2.24) is 38.6 Å². The van der Waals surface area contributed by atoms with E-state index in [0.717, 1.165) is 131 Å². The minimum atomic E-state index is 0.662. The summed E-state index contributed by atoms with van der Waals surface area (Å²) in [5.41, 5.74) is 23.8. The average molecular weight is 2010 g/mol. The molecule has 0 aliphatic heterocycles. The third-order valence-corrected chi connectivity index (χ3v) is 32.8. The van der Waals surface area contributed by atoms with Crippen LogP contribution in [0.1, 0.15) is 0 Å². The maximum Gasteiger partial charge on any atom is 0.235 e. The van der Waals surface area contributed by atoms with E-state index in [1.165, 1.54) is 136 Å². The highest BCUT2D eigenvalue weighted by atomic mass is 79.9. The van der Waals surface area contributed by atoms with Crippen molar-refractivity contribution >= 4 is 251 Å². The molecule has 10 heterocycles. The molecule has 0 spiro atoms. The third-order valence-electron chi connectivity index (χ3n) is 26.8. The monoisotopic (exact) mass is 2010 g/mol. The zero-order valence-electron chi connectivity index (χ0n) is 73.3. The van der Waals surface area contributed by atoms with E-state index in [1.54, 1.807) is 0 Å². The summed E-state index contributed by atoms with van der Waals surface area (Å²) in [6.45, 7) is 0. The van der Waals surface area contributed by atoms with Crippen molar-refractivity contribution in [2.24, 2.45) is 0 Å². The van der Waals surface area contributed by atoms with Crippen molar-refractivity contribution in [2.75, 3.05) is 0 Å². The van der Waals surface area contributed by atoms with Gasteiger partial charge in [-0.25, -0.2) is 24.9 Å². The van der Waals surface area contributed by atoms with Crippen molar-refractivity contribution < 1.29 is 4.42 Å². The van der Waals surface area contributed by atoms with E-state index in [4.69, 9.17) is 29.3 Å². The van der Waals surface area contributed by atoms with Crippen LogP contribution in [0.5, 0.6) is 0 Å². The zero-order chi connectivity index (χ0) is 91.3. The predicted molar refractivity (Wildman–Crippen MR) is 593 cm³/mol. The lowest BCUT2D eigenvalue weighted by molar-refractivity contribution is 0.668. The van der Waals surface area contributed by atoms with Gasteiger partial charge < -0.3 is 13.6 Å². The van der Waals surface area contributed by atoms with E-state index in [2.05, 4.69) is 450 Å². The molecule has 0 radical (unpaired) electrons. The van der Waals surface area contributed by atoms with Crippen LogP contribution in [-0.2, 0) is 0 Å². The first-order valence-electron chi connectivity index (χ1n) is 45.7. The lowest BCUT2D eigenvalue weighted by Gasteiger charge is -2.13. The van der Waals surface area contributed by atoms with Crippen LogP contribution in [-0.4, -0.2) is 38.6 Å². The number of nitrogens with zero attached hydrogens (tertiary/aromatic N) is 8. The first-order chi connectivity index (χ1) is 68.2. The number of rotatable bonds is 10. The molecule has 0 fully saturated rings. The number of halogens is 3. The third kappa shape index (κ3) is 13.6. The van der Waals surface area contributed by atoms with Crippen molar-refractivity contribution in [1.29, 1.82) is 0 Å². The molecule has 29 rings (SSSR count). The molecule has 0 saturated carbocycles. The van der Waals surface area contributed by atoms with E-state index in [-0.39, 0.29) is 0 Å². The molecule has 10 aromatic heterocycles. The largest absolute Gasteiger partial charge is 0.454 e. The first-order valence-corrected chi connectivity index (χ1v) is 50.5. The van der Waals surface area contributed by atoms with Gasteiger partial charge in [0.2, 0.25) is 5.95 Å². The Labute approximate surface area is 827 Å². The molecule has 648 valence electrons. The molecule has 0 saturated heterocycles. The van der Waals surface area contributed by atoms with Gasteiger partial charge in [0.1, 0.15) is 11.3 Å². The number of pyridine rings is 1. The summed E-state index contributed by atoms with van der Waals surface area (Å²) in [4.78, 5) is 25.9. The lowest BCUT2D eigenvalue weighted by Crippen LogP contribution is -2.04. The fourth-order valence-corrected chi connectivity index (χ4v) is 26.1. The van der Waals surface area contributed by atoms with Crippen LogP contribution in [0.2, 0.25) is 0 Å². The van der Waals surface area contributed by atoms with E-state index in [9.17, 15) is 0 Å². The Bertz CT molecular complexity index is 9970. The van der Waals surface area contributed by atoms with Crippen LogP contribution < -0.4 is 0 Å². The number of hydrogen-bond donors (Lipinski definition) is 0. The summed E-state index contributed by atoms with van der Waals surface area (Å²) in [6.07, 6.45) is 1.96. The fraction of sp³-hybridized carbons (Fsp3) is 0. The van der Waals surface area contributed by atoms with E-state index >= 15 is 0 Å². The molecule has 9 nitrogen and oxygen atoms in total. The Balaban J connectivity index is 0.000000105. The molecule has 0 unspecified atom stereocenters. The molecule has 0 N–H and O–H groups in total. The molecule has 19 aromatic carbocycles. The Morgan fingerprint density at radius 3 is 1.35 bits per heavy atom. The number of para-hydroxylation sites is 3. The summed E-state index contributed by atoms with van der Waals surface area (Å²) < 4.78 is 24.6. The highest BCUT2D eigenvalue weighted by Crippen LogP contribution is 2.52. The molecule has 0 bridgehead atoms. The summed E-state index contributed by atoms with van der Waals surface area (Å²) in [6, 6.07) is 150. The SMILES string of the molecule is Brc1cc2c3ccc4ccccc4c3n(-c3nc(-c4ccccc4)cc(-c4ccccc4)n3)c2c2c1sc1ccccc12.Brc1cc2c3ccccc3n(-c3ccc(-c4cc5c(oc6ccccc65)c(-c5ccc6ccccc6c5)n4)cc3)c2c2c1sc1ccccc12.Brc1cc2sc3ccccc3c2c2c1c1ccccc1n2-c1ccc(-c2ncc(-c3ccccc3)c(-c3ccccc3)n2)cc1. The van der Waals surface area contributed by atoms with E-state index in [1.807, 2.05) is 76.6 Å². The predicted octanol–water partition coefficient (Wildman–Crippen LogP) is 36.6. The van der Waals surface area contributed by atoms with Crippen molar-refractivity contribution in [2.45, 2.75) is 0 Å². The van der Waals surface area contributed by atoms with Gasteiger partial charge in [-0.1, -0.05) is 331 Å². The van der Waals surface area contributed by atoms with Gasteiger partial charge in [0, 0.05) is 170 Å². The number of fused-ring (bicyclic) bond motifs is 27. The van der Waals surface area contributed by atoms with Gasteiger partial charge in [0.25, 0.3) is 0 Å². The Morgan fingerprint density at radius 1 is 0.246 bits per heavy atom. The topological polar surface area (TPSA) is 92.4 Å². The zero-order valence-corrected chi connectivity index (χ0v) is 80.5. The standard InChI is InChI=1S/C45H25BrN2OS.C40H24BrN3S.C38H22BrN3S/c46-36-24-34-31-11-3-6-14-38(31)48(43(34)41-33-13-5-8-16-40(33)50-45(36)41)30-21-19-27(20-22-30)37-25-35-32-12-4-7-15-39(32)49-44(35)42(47-37)29-18-17-26-9-1-2-10-28(26)23-29;41-32-23-35-37(30-16-8-10-18-34(30)45-35)39-36(32)29-15-7-9-17-33(29)44(39)28-21-19-27(20-22-28)40-42-24-31(25-11-3-1-4-12-25)38(43-40)26-13-5-2-6-14-26;39-30-21-29-27-20-19-23-11-7-8-16-26(23)35(27)42(36(29)34-28-17-9-10-18-33(28)43-37(30)34)38-40-31(24-12-3-1-4-13-24)22-32(41-38)25-14-5-2-6-15-25/h1-25H;1-24H;1-22H. The van der Waals surface area contributed by atoms with Gasteiger partial charge >= 0.3 is 0 Å². The molecular weight excluding hydrogens is 1940 g/mol. The number of aromatic nitrogens is 8. The second-order valence-corrected chi connectivity index (χ2v) is 40.5. The van der Waals surface area contributed by atoms with Gasteiger partial charge in [0.05, 0.1) is 65.3 Å². The van der Waals surface area contributed by atoms with E-state index in [0.29, 0.717) is 11.8 Å². The molecule has 0 aliphatic carbocycles. The highest BCUT2D eigenvalue weighted by molar-refractivity contribution is 9.11. The molecule has 0 amide bonds. The molecule has 138 heavy (non-hydrogen) atoms. The quantitative estimate of drug-likeness (QED) is 0.135. The van der Waals surface area contributed by atoms with Gasteiger partial charge in [-0.3, -0.25) is 4.57 Å². The lowest BCUT2D eigenvalue weighted by atomic mass is 10.0. The Kier molecular flexibility index (Phi) is 19.8. The van der Waals surface area contributed by atoms with Crippen LogP contribution >= 0.6 is 81.8 Å². The van der Waals surface area contributed by atoms with Crippen LogP contribution in [0.4, 0.5) is 0 Å². The Morgan fingerprint density at radius 2 is 0.710 bits per heavy atom. The average Bonchev–Trinajstić information content (AvgIpc) is 1.54. The van der Waals surface area contributed by atoms with Gasteiger partial charge in [0.15, 0.2) is 11.4 Å². The van der Waals surface area contributed by atoms with Gasteiger partial charge in [-0.2, -0.15) is 0 Å². The normalized spacial score (nSPS) is 11.9. The maximum atomic E-state index is 6.49. The van der Waals surface area contributed by atoms with Crippen molar-refractivity contribution in [3.8, 4) is 96.1 Å². The first kappa shape index (κ1) is 81.8. The summed E-state index contributed by atoms with van der Waals surface area (Å²) in [5, 5.41) is 21.8. The minimum absolute atomic E-state index is 0.662. The summed E-state index contributed by atoms with van der Waals surface area (Å²) in [7, 11) is 0. The van der Waals surface area contributed by atoms with Crippen LogP contribution in [0.3, 0.4) is 0 Å². The van der Waals surface area contributed by atoms with Gasteiger partial charge in [-0.15, -0.1) is 34.0 Å². The van der Waals surface area contributed by atoms with Gasteiger partial charge in [-0.05, 0) is 163 Å². The van der Waals surface area contributed by atoms with Crippen molar-refractivity contribution in [3.63, 3.8) is 0 Å².